The summed E-state index contributed by atoms with van der Waals surface area (Å²) < 4.78 is 32.1. The van der Waals surface area contributed by atoms with Crippen molar-refractivity contribution in [2.45, 2.75) is 27.7 Å². The summed E-state index contributed by atoms with van der Waals surface area (Å²) in [5, 5.41) is 9.62. The third kappa shape index (κ3) is 5.98. The van der Waals surface area contributed by atoms with Crippen molar-refractivity contribution in [3.8, 4) is 57.4 Å². The summed E-state index contributed by atoms with van der Waals surface area (Å²) in [6, 6.07) is 35.2. The Balaban J connectivity index is 0.00000228. The number of anilines is 2. The molecule has 0 N–H and O–H groups in total. The van der Waals surface area contributed by atoms with E-state index in [0.29, 0.717) is 46.0 Å². The van der Waals surface area contributed by atoms with Gasteiger partial charge in [-0.05, 0) is 90.1 Å². The summed E-state index contributed by atoms with van der Waals surface area (Å²) in [4.78, 5) is 8.10. The quantitative estimate of drug-likeness (QED) is 0.184. The van der Waals surface area contributed by atoms with Gasteiger partial charge in [-0.2, -0.15) is 47.8 Å². The van der Waals surface area contributed by atoms with E-state index in [4.69, 9.17) is 29.1 Å². The van der Waals surface area contributed by atoms with Gasteiger partial charge in [0.25, 0.3) is 0 Å². The van der Waals surface area contributed by atoms with E-state index in [1.54, 1.807) is 0 Å². The van der Waals surface area contributed by atoms with Crippen LogP contribution in [0.3, 0.4) is 0 Å². The van der Waals surface area contributed by atoms with E-state index in [1.807, 2.05) is 157 Å². The minimum absolute atomic E-state index is 0. The molecule has 0 saturated heterocycles. The van der Waals surface area contributed by atoms with E-state index >= 15 is 0 Å². The number of nitrogens with zero attached hydrogens (tertiary/aromatic N) is 8. The molecule has 0 saturated carbocycles. The SMILES string of the molecule is Cc1cc(C)n(-c2[c-]c3c(cc2)Oc2c4c5c(c6c2B3c2[c-]c(N3C=CN(C)[CH-]3)ccc2O6)Oc2ccc(N3C=CN(C)[CH-]3)[c-]c2B5c2[c-]c(-n3nc(C)cc3C)ccc2O4)n1.[Pt].[Pt]. The van der Waals surface area contributed by atoms with Crippen molar-refractivity contribution in [2.75, 3.05) is 23.9 Å². The average Bonchev–Trinajstić information content (AvgIpc) is 4.07. The molecule has 322 valence electrons. The molecule has 0 aliphatic carbocycles. The largest absolute Gasteiger partial charge is 0.514 e. The number of hydrogen-bond acceptors (Lipinski definition) is 10. The second-order valence-corrected chi connectivity index (χ2v) is 16.6. The fourth-order valence-electron chi connectivity index (χ4n) is 9.57. The molecule has 13 rings (SSSR count). The van der Waals surface area contributed by atoms with E-state index in [0.717, 1.165) is 78.3 Å². The van der Waals surface area contributed by atoms with Crippen molar-refractivity contribution in [3.05, 3.63) is 146 Å². The Morgan fingerprint density at radius 3 is 1.09 bits per heavy atom. The zero-order chi connectivity index (χ0) is 41.7. The third-order valence-electron chi connectivity index (χ3n) is 12.2. The number of aryl methyl sites for hydroxylation is 4. The molecule has 0 radical (unpaired) electrons. The number of benzene rings is 5. The number of aromatic nitrogens is 4. The van der Waals surface area contributed by atoms with Gasteiger partial charge in [-0.3, -0.25) is 9.36 Å². The summed E-state index contributed by atoms with van der Waals surface area (Å²) in [6.45, 7) is 11.3. The first-order valence-electron chi connectivity index (χ1n) is 20.5. The van der Waals surface area contributed by atoms with Gasteiger partial charge in [-0.1, -0.05) is 0 Å². The van der Waals surface area contributed by atoms with Gasteiger partial charge in [-0.15, -0.1) is 81.8 Å². The fourth-order valence-corrected chi connectivity index (χ4v) is 9.57. The van der Waals surface area contributed by atoms with E-state index < -0.39 is 13.4 Å². The predicted octanol–water partition coefficient (Wildman–Crippen LogP) is 4.63. The summed E-state index contributed by atoms with van der Waals surface area (Å²) in [6.07, 6.45) is 8.03. The molecule has 0 bridgehead atoms. The molecule has 8 heterocycles. The molecular formula is C48H34B2N8O4Pt2-6. The van der Waals surface area contributed by atoms with Gasteiger partial charge in [0.1, 0.15) is 0 Å². The standard InChI is InChI=1S/C48H34B2N8O4.2Pt/c1-27-19-29(3)57(51-27)33-9-13-41-37(23-33)49-35-21-31(55-17-15-53(5)25-55)7-11-39(35)59-45-43(49)47(61-41)48-44-46(45)60-40-12-8-32(56-18-16-54(6)26-56)22-36(40)50(44)38-24-34(10-14-42(38)62-48)58-30(4)20-28(2)52-58;;/h7-20,25-26H,1-6H3;;/q-6;;. The molecule has 0 unspecified atom stereocenters. The van der Waals surface area contributed by atoms with Crippen molar-refractivity contribution in [3.63, 3.8) is 0 Å². The van der Waals surface area contributed by atoms with Crippen LogP contribution in [-0.4, -0.2) is 56.9 Å². The summed E-state index contributed by atoms with van der Waals surface area (Å²) in [7, 11) is 4.00. The van der Waals surface area contributed by atoms with Crippen molar-refractivity contribution in [1.29, 1.82) is 0 Å². The smallest absolute Gasteiger partial charge is 0.208 e. The first-order chi connectivity index (χ1) is 30.1. The topological polar surface area (TPSA) is 85.5 Å². The predicted molar refractivity (Wildman–Crippen MR) is 238 cm³/mol. The van der Waals surface area contributed by atoms with Crippen LogP contribution < -0.4 is 61.5 Å². The zero-order valence-electron chi connectivity index (χ0n) is 35.2. The van der Waals surface area contributed by atoms with Crippen LogP contribution in [0, 0.1) is 65.3 Å². The number of fused-ring (bicyclic) bond motifs is 10. The third-order valence-corrected chi connectivity index (χ3v) is 12.2. The van der Waals surface area contributed by atoms with Crippen LogP contribution in [0.15, 0.2) is 85.5 Å². The molecule has 16 heteroatoms. The van der Waals surface area contributed by atoms with E-state index in [9.17, 15) is 0 Å². The Kier molecular flexibility index (Phi) is 9.36. The van der Waals surface area contributed by atoms with Crippen LogP contribution in [0.1, 0.15) is 22.8 Å². The Hall–Kier alpha value is -6.09. The molecule has 0 spiro atoms. The molecule has 0 fully saturated rings. The maximum absolute atomic E-state index is 7.08. The van der Waals surface area contributed by atoms with Crippen LogP contribution in [0.2, 0.25) is 0 Å². The van der Waals surface area contributed by atoms with Gasteiger partial charge in [0.15, 0.2) is 23.0 Å². The van der Waals surface area contributed by atoms with Crippen LogP contribution in [-0.2, 0) is 42.1 Å². The molecule has 0 amide bonds. The molecule has 6 aliphatic rings. The summed E-state index contributed by atoms with van der Waals surface area (Å²) in [5.41, 5.74) is 12.1. The van der Waals surface area contributed by atoms with Gasteiger partial charge in [0, 0.05) is 87.4 Å². The Bertz CT molecular complexity index is 2980. The van der Waals surface area contributed by atoms with Crippen LogP contribution in [0.4, 0.5) is 11.4 Å². The minimum Gasteiger partial charge on any atom is -0.514 e. The first-order valence-corrected chi connectivity index (χ1v) is 20.5. The van der Waals surface area contributed by atoms with Crippen molar-refractivity contribution < 1.29 is 61.1 Å². The molecule has 7 aromatic rings. The Morgan fingerprint density at radius 2 is 0.797 bits per heavy atom. The Morgan fingerprint density at radius 1 is 0.469 bits per heavy atom. The average molecular weight is 1200 g/mol. The van der Waals surface area contributed by atoms with Crippen molar-refractivity contribution in [2.24, 2.45) is 0 Å². The molecule has 2 aromatic heterocycles. The molecule has 12 nitrogen and oxygen atoms in total. The van der Waals surface area contributed by atoms with E-state index in [-0.39, 0.29) is 42.1 Å². The molecule has 0 atom stereocenters. The first kappa shape index (κ1) is 40.7. The maximum Gasteiger partial charge on any atom is 0.208 e. The number of hydrogen-bond donors (Lipinski definition) is 0. The van der Waals surface area contributed by atoms with Crippen LogP contribution >= 0.6 is 0 Å². The maximum atomic E-state index is 7.08. The van der Waals surface area contributed by atoms with Gasteiger partial charge in [0.05, 0.1) is 11.4 Å². The van der Waals surface area contributed by atoms with Crippen LogP contribution in [0.5, 0.6) is 46.0 Å². The van der Waals surface area contributed by atoms with Gasteiger partial charge < -0.3 is 38.5 Å². The number of ether oxygens (including phenoxy) is 4. The van der Waals surface area contributed by atoms with Crippen molar-refractivity contribution in [1.82, 2.24) is 29.4 Å². The normalized spacial score (nSPS) is 15.2. The Labute approximate surface area is 400 Å². The van der Waals surface area contributed by atoms with Crippen molar-refractivity contribution >= 4 is 57.6 Å². The van der Waals surface area contributed by atoms with Gasteiger partial charge in [-0.25, -0.2) is 0 Å². The van der Waals surface area contributed by atoms with E-state index in [1.165, 1.54) is 0 Å². The molecular weight excluding hydrogens is 1160 g/mol. The molecule has 64 heavy (non-hydrogen) atoms. The summed E-state index contributed by atoms with van der Waals surface area (Å²) in [5.74, 6) is 4.84. The number of rotatable bonds is 4. The monoisotopic (exact) mass is 1200 g/mol. The van der Waals surface area contributed by atoms with Crippen LogP contribution in [0.25, 0.3) is 11.4 Å². The second kappa shape index (κ2) is 14.7. The van der Waals surface area contributed by atoms with Gasteiger partial charge in [0.2, 0.25) is 13.4 Å². The molecule has 5 aromatic carbocycles. The second-order valence-electron chi connectivity index (χ2n) is 16.6. The van der Waals surface area contributed by atoms with Gasteiger partial charge >= 0.3 is 0 Å². The minimum atomic E-state index is -0.424. The molecule has 6 aliphatic heterocycles. The van der Waals surface area contributed by atoms with E-state index in [2.05, 4.69) is 36.4 Å². The fraction of sp³-hybridized carbons (Fsp3) is 0.125. The zero-order valence-corrected chi connectivity index (χ0v) is 39.8. The summed E-state index contributed by atoms with van der Waals surface area (Å²) >= 11 is 0.